The van der Waals surface area contributed by atoms with Crippen molar-refractivity contribution in [3.05, 3.63) is 61.7 Å². The minimum atomic E-state index is -1.07. The molecule has 0 unspecified atom stereocenters. The molecule has 3 rings (SSSR count). The van der Waals surface area contributed by atoms with E-state index in [2.05, 4.69) is 52.5 Å². The van der Waals surface area contributed by atoms with Gasteiger partial charge in [-0.25, -0.2) is 9.78 Å². The number of amides is 2. The highest BCUT2D eigenvalue weighted by molar-refractivity contribution is 9.13. The molecule has 0 saturated heterocycles. The lowest BCUT2D eigenvalue weighted by Crippen LogP contribution is -2.15. The van der Waals surface area contributed by atoms with Crippen molar-refractivity contribution in [3.63, 3.8) is 0 Å². The van der Waals surface area contributed by atoms with Gasteiger partial charge in [0.2, 0.25) is 5.91 Å². The normalized spacial score (nSPS) is 10.5. The second-order valence-corrected chi connectivity index (χ2v) is 8.06. The second-order valence-electron chi connectivity index (χ2n) is 5.55. The highest BCUT2D eigenvalue weighted by Crippen LogP contribution is 2.24. The van der Waals surface area contributed by atoms with Gasteiger partial charge < -0.3 is 15.4 Å². The summed E-state index contributed by atoms with van der Waals surface area (Å²) in [5.74, 6) is -1.78. The number of hydrogen-bond acceptors (Lipinski definition) is 5. The molecule has 0 aliphatic heterocycles. The molecule has 0 fully saturated rings. The molecule has 2 heterocycles. The zero-order valence-electron chi connectivity index (χ0n) is 14.0. The van der Waals surface area contributed by atoms with Gasteiger partial charge in [-0.2, -0.15) is 0 Å². The van der Waals surface area contributed by atoms with Gasteiger partial charge in [-0.05, 0) is 56.1 Å². The van der Waals surface area contributed by atoms with Crippen LogP contribution in [0.25, 0.3) is 0 Å². The molecule has 4 N–H and O–H groups in total. The number of carbonyl (C=O) groups excluding carboxylic acids is 2. The van der Waals surface area contributed by atoms with E-state index in [1.54, 1.807) is 23.6 Å². The number of aromatic carboxylic acids is 1. The van der Waals surface area contributed by atoms with Crippen LogP contribution in [-0.2, 0) is 11.2 Å². The van der Waals surface area contributed by atoms with Gasteiger partial charge in [-0.3, -0.25) is 14.9 Å². The molecule has 11 heteroatoms. The number of carbonyl (C=O) groups is 3. The Balaban J connectivity index is 1.59. The first-order valence-corrected chi connectivity index (χ1v) is 10.2. The van der Waals surface area contributed by atoms with Crippen LogP contribution in [-0.4, -0.2) is 32.9 Å². The smallest absolute Gasteiger partial charge is 0.335 e. The molecule has 144 valence electrons. The van der Waals surface area contributed by atoms with Crippen LogP contribution in [0.3, 0.4) is 0 Å². The van der Waals surface area contributed by atoms with E-state index in [-0.39, 0.29) is 23.8 Å². The molecule has 0 bridgehead atoms. The van der Waals surface area contributed by atoms with Crippen LogP contribution in [0.5, 0.6) is 0 Å². The molecule has 0 aliphatic rings. The van der Waals surface area contributed by atoms with Gasteiger partial charge in [-0.15, -0.1) is 11.3 Å². The van der Waals surface area contributed by atoms with Crippen LogP contribution < -0.4 is 10.6 Å². The molecule has 0 aliphatic carbocycles. The first-order chi connectivity index (χ1) is 13.3. The first-order valence-electron chi connectivity index (χ1n) is 7.75. The lowest BCUT2D eigenvalue weighted by atomic mass is 10.2. The summed E-state index contributed by atoms with van der Waals surface area (Å²) in [6.45, 7) is 0. The molecular weight excluding hydrogens is 516 g/mol. The largest absolute Gasteiger partial charge is 0.478 e. The zero-order valence-corrected chi connectivity index (χ0v) is 17.9. The number of carboxylic acid groups (broad SMARTS) is 1. The SMILES string of the molecule is O=C(Cc1csc(NC(=O)c2cc(Br)c(Br)[nH]2)n1)Nc1cccc(C(=O)O)c1. The van der Waals surface area contributed by atoms with Crippen molar-refractivity contribution in [1.82, 2.24) is 9.97 Å². The number of aromatic nitrogens is 2. The van der Waals surface area contributed by atoms with Gasteiger partial charge in [0.1, 0.15) is 5.69 Å². The van der Waals surface area contributed by atoms with E-state index in [9.17, 15) is 14.4 Å². The fourth-order valence-corrected chi connectivity index (χ4v) is 3.60. The van der Waals surface area contributed by atoms with Gasteiger partial charge >= 0.3 is 5.97 Å². The molecular formula is C17H12Br2N4O4S. The Morgan fingerprint density at radius 3 is 2.64 bits per heavy atom. The molecule has 0 atom stereocenters. The Bertz CT molecular complexity index is 1040. The topological polar surface area (TPSA) is 124 Å². The number of H-pyrrole nitrogens is 1. The van der Waals surface area contributed by atoms with Crippen molar-refractivity contribution in [2.75, 3.05) is 10.6 Å². The Labute approximate surface area is 179 Å². The molecule has 8 nitrogen and oxygen atoms in total. The molecule has 2 aromatic heterocycles. The Morgan fingerprint density at radius 2 is 1.96 bits per heavy atom. The monoisotopic (exact) mass is 526 g/mol. The highest BCUT2D eigenvalue weighted by atomic mass is 79.9. The number of nitrogens with zero attached hydrogens (tertiary/aromatic N) is 1. The van der Waals surface area contributed by atoms with Gasteiger partial charge in [-0.1, -0.05) is 6.07 Å². The van der Waals surface area contributed by atoms with E-state index in [1.165, 1.54) is 23.5 Å². The number of thiazole rings is 1. The van der Waals surface area contributed by atoms with Crippen LogP contribution in [0.2, 0.25) is 0 Å². The van der Waals surface area contributed by atoms with Crippen LogP contribution in [0.1, 0.15) is 26.5 Å². The minimum absolute atomic E-state index is 0.0106. The third-order valence-electron chi connectivity index (χ3n) is 3.48. The minimum Gasteiger partial charge on any atom is -0.478 e. The van der Waals surface area contributed by atoms with Crippen LogP contribution in [0, 0.1) is 0 Å². The summed E-state index contributed by atoms with van der Waals surface area (Å²) in [6, 6.07) is 7.59. The number of rotatable bonds is 6. The molecule has 1 aromatic carbocycles. The van der Waals surface area contributed by atoms with E-state index in [1.807, 2.05) is 0 Å². The van der Waals surface area contributed by atoms with Crippen LogP contribution >= 0.6 is 43.2 Å². The van der Waals surface area contributed by atoms with E-state index in [4.69, 9.17) is 5.11 Å². The summed E-state index contributed by atoms with van der Waals surface area (Å²) < 4.78 is 1.38. The van der Waals surface area contributed by atoms with Crippen molar-refractivity contribution in [2.24, 2.45) is 0 Å². The van der Waals surface area contributed by atoms with Crippen molar-refractivity contribution in [2.45, 2.75) is 6.42 Å². The Kier molecular flexibility index (Phi) is 6.27. The molecule has 2 amide bonds. The van der Waals surface area contributed by atoms with Gasteiger partial charge in [0.05, 0.1) is 26.8 Å². The van der Waals surface area contributed by atoms with Gasteiger partial charge in [0, 0.05) is 11.1 Å². The number of halogens is 2. The van der Waals surface area contributed by atoms with E-state index < -0.39 is 5.97 Å². The lowest BCUT2D eigenvalue weighted by molar-refractivity contribution is -0.115. The number of hydrogen-bond donors (Lipinski definition) is 4. The van der Waals surface area contributed by atoms with E-state index in [0.717, 1.165) is 4.47 Å². The fourth-order valence-electron chi connectivity index (χ4n) is 2.24. The number of carboxylic acids is 1. The molecule has 0 saturated carbocycles. The average Bonchev–Trinajstić information content (AvgIpc) is 3.21. The summed E-state index contributed by atoms with van der Waals surface area (Å²) >= 11 is 7.76. The van der Waals surface area contributed by atoms with Crippen molar-refractivity contribution < 1.29 is 19.5 Å². The summed E-state index contributed by atoms with van der Waals surface area (Å²) in [5.41, 5.74) is 1.31. The number of benzene rings is 1. The quantitative estimate of drug-likeness (QED) is 0.383. The summed E-state index contributed by atoms with van der Waals surface area (Å²) in [7, 11) is 0. The average molecular weight is 528 g/mol. The third kappa shape index (κ3) is 5.06. The summed E-state index contributed by atoms with van der Waals surface area (Å²) in [4.78, 5) is 42.4. The maximum atomic E-state index is 12.2. The van der Waals surface area contributed by atoms with E-state index in [0.29, 0.717) is 26.8 Å². The predicted molar refractivity (Wildman–Crippen MR) is 112 cm³/mol. The Morgan fingerprint density at radius 1 is 1.18 bits per heavy atom. The molecule has 3 aromatic rings. The van der Waals surface area contributed by atoms with Crippen molar-refractivity contribution >= 4 is 71.8 Å². The van der Waals surface area contributed by atoms with Crippen LogP contribution in [0.4, 0.5) is 10.8 Å². The summed E-state index contributed by atoms with van der Waals surface area (Å²) in [6.07, 6.45) is -0.0106. The lowest BCUT2D eigenvalue weighted by Gasteiger charge is -2.05. The number of aromatic amines is 1. The maximum Gasteiger partial charge on any atom is 0.335 e. The van der Waals surface area contributed by atoms with Crippen molar-refractivity contribution in [1.29, 1.82) is 0 Å². The standard InChI is InChI=1S/C17H12Br2N4O4S/c18-11-6-12(22-14(11)19)15(25)23-17-21-10(7-28-17)5-13(24)20-9-3-1-2-8(4-9)16(26)27/h1-4,6-7,22H,5H2,(H,20,24)(H,26,27)(H,21,23,25). The molecule has 0 radical (unpaired) electrons. The summed E-state index contributed by atoms with van der Waals surface area (Å²) in [5, 5.41) is 16.3. The van der Waals surface area contributed by atoms with Gasteiger partial charge in [0.25, 0.3) is 5.91 Å². The van der Waals surface area contributed by atoms with E-state index >= 15 is 0 Å². The molecule has 0 spiro atoms. The predicted octanol–water partition coefficient (Wildman–Crippen LogP) is 4.13. The maximum absolute atomic E-state index is 12.2. The number of anilines is 2. The molecule has 28 heavy (non-hydrogen) atoms. The second kappa shape index (κ2) is 8.67. The van der Waals surface area contributed by atoms with Crippen LogP contribution in [0.15, 0.2) is 44.8 Å². The third-order valence-corrected chi connectivity index (χ3v) is 6.07. The highest BCUT2D eigenvalue weighted by Gasteiger charge is 2.14. The number of nitrogens with one attached hydrogen (secondary N) is 3. The van der Waals surface area contributed by atoms with Crippen molar-refractivity contribution in [3.8, 4) is 0 Å². The van der Waals surface area contributed by atoms with Gasteiger partial charge in [0.15, 0.2) is 5.13 Å². The fraction of sp³-hybridized carbons (Fsp3) is 0.0588. The Hall–Kier alpha value is -2.50. The zero-order chi connectivity index (χ0) is 20.3. The first kappa shape index (κ1) is 20.2.